The molecule has 0 N–H and O–H groups in total. The van der Waals surface area contributed by atoms with Gasteiger partial charge >= 0.3 is 0 Å². The van der Waals surface area contributed by atoms with Crippen LogP contribution in [0.5, 0.6) is 0 Å². The van der Waals surface area contributed by atoms with E-state index in [1.807, 2.05) is 0 Å². The van der Waals surface area contributed by atoms with E-state index in [9.17, 15) is 13.6 Å². The molecule has 3 fully saturated rings. The van der Waals surface area contributed by atoms with Gasteiger partial charge in [-0.1, -0.05) is 31.4 Å². The summed E-state index contributed by atoms with van der Waals surface area (Å²) in [5.41, 5.74) is 0.278. The smallest absolute Gasteiger partial charge is 0.224 e. The zero-order chi connectivity index (χ0) is 17.4. The van der Waals surface area contributed by atoms with Crippen molar-refractivity contribution in [2.75, 3.05) is 13.1 Å². The first-order valence-electron chi connectivity index (χ1n) is 9.60. The van der Waals surface area contributed by atoms with Gasteiger partial charge in [0.25, 0.3) is 0 Å². The van der Waals surface area contributed by atoms with Crippen LogP contribution in [0.4, 0.5) is 8.78 Å². The first-order chi connectivity index (χ1) is 12.1. The Morgan fingerprint density at radius 3 is 2.64 bits per heavy atom. The normalized spacial score (nSPS) is 27.9. The lowest BCUT2D eigenvalue weighted by Gasteiger charge is -2.30. The minimum Gasteiger partial charge on any atom is -0.334 e. The SMILES string of the molecule is O=C1C[C@H]2[C@H](CCN2CC2CCCCC2)N1Cc1cccc(F)c1F. The van der Waals surface area contributed by atoms with E-state index in [0.29, 0.717) is 6.42 Å². The molecule has 0 spiro atoms. The van der Waals surface area contributed by atoms with Crippen LogP contribution in [0.15, 0.2) is 18.2 Å². The molecule has 1 aromatic carbocycles. The molecule has 0 unspecified atom stereocenters. The quantitative estimate of drug-likeness (QED) is 0.828. The Labute approximate surface area is 148 Å². The van der Waals surface area contributed by atoms with Crippen molar-refractivity contribution in [3.63, 3.8) is 0 Å². The number of fused-ring (bicyclic) bond motifs is 1. The summed E-state index contributed by atoms with van der Waals surface area (Å²) in [5, 5.41) is 0. The first kappa shape index (κ1) is 17.0. The van der Waals surface area contributed by atoms with Crippen molar-refractivity contribution in [1.29, 1.82) is 0 Å². The monoisotopic (exact) mass is 348 g/mol. The Morgan fingerprint density at radius 2 is 1.84 bits per heavy atom. The molecule has 2 aliphatic heterocycles. The Morgan fingerprint density at radius 1 is 1.04 bits per heavy atom. The van der Waals surface area contributed by atoms with E-state index in [1.165, 1.54) is 38.2 Å². The number of carbonyl (C=O) groups excluding carboxylic acids is 1. The summed E-state index contributed by atoms with van der Waals surface area (Å²) in [5.74, 6) is -0.828. The highest BCUT2D eigenvalue weighted by Gasteiger charge is 2.46. The fourth-order valence-corrected chi connectivity index (χ4v) is 5.00. The lowest BCUT2D eigenvalue weighted by Crippen LogP contribution is -2.39. The second-order valence-corrected chi connectivity index (χ2v) is 7.86. The van der Waals surface area contributed by atoms with Crippen LogP contribution in [0.3, 0.4) is 0 Å². The number of rotatable bonds is 4. The van der Waals surface area contributed by atoms with E-state index >= 15 is 0 Å². The molecule has 4 rings (SSSR count). The molecular formula is C20H26F2N2O. The number of halogens is 2. The van der Waals surface area contributed by atoms with Crippen LogP contribution in [0.2, 0.25) is 0 Å². The fraction of sp³-hybridized carbons (Fsp3) is 0.650. The molecule has 2 atom stereocenters. The summed E-state index contributed by atoms with van der Waals surface area (Å²) in [4.78, 5) is 16.8. The molecule has 5 heteroatoms. The summed E-state index contributed by atoms with van der Waals surface area (Å²) >= 11 is 0. The maximum atomic E-state index is 14.0. The second kappa shape index (κ2) is 7.02. The molecule has 2 saturated heterocycles. The number of nitrogens with zero attached hydrogens (tertiary/aromatic N) is 2. The molecule has 2 heterocycles. The van der Waals surface area contributed by atoms with E-state index in [0.717, 1.165) is 31.5 Å². The molecule has 0 aromatic heterocycles. The summed E-state index contributed by atoms with van der Waals surface area (Å²) in [7, 11) is 0. The number of hydrogen-bond acceptors (Lipinski definition) is 2. The van der Waals surface area contributed by atoms with E-state index in [1.54, 1.807) is 11.0 Å². The van der Waals surface area contributed by atoms with E-state index in [4.69, 9.17) is 0 Å². The highest BCUT2D eigenvalue weighted by atomic mass is 19.2. The number of carbonyl (C=O) groups is 1. The molecule has 3 aliphatic rings. The van der Waals surface area contributed by atoms with E-state index < -0.39 is 11.6 Å². The van der Waals surface area contributed by atoms with Gasteiger partial charge < -0.3 is 4.90 Å². The third-order valence-corrected chi connectivity index (χ3v) is 6.32. The number of likely N-dealkylation sites (tertiary alicyclic amines) is 2. The van der Waals surface area contributed by atoms with Gasteiger partial charge in [0.2, 0.25) is 5.91 Å². The summed E-state index contributed by atoms with van der Waals surface area (Å²) in [6.07, 6.45) is 8.09. The summed E-state index contributed by atoms with van der Waals surface area (Å²) in [6.45, 7) is 2.29. The van der Waals surface area contributed by atoms with Crippen molar-refractivity contribution >= 4 is 5.91 Å². The van der Waals surface area contributed by atoms with Crippen molar-refractivity contribution in [2.45, 2.75) is 63.6 Å². The minimum atomic E-state index is -0.842. The van der Waals surface area contributed by atoms with Crippen molar-refractivity contribution in [3.8, 4) is 0 Å². The molecule has 136 valence electrons. The van der Waals surface area contributed by atoms with Gasteiger partial charge in [-0.25, -0.2) is 8.78 Å². The van der Waals surface area contributed by atoms with Crippen molar-refractivity contribution in [2.24, 2.45) is 5.92 Å². The molecule has 1 saturated carbocycles. The topological polar surface area (TPSA) is 23.6 Å². The van der Waals surface area contributed by atoms with Gasteiger partial charge in [0.05, 0.1) is 0 Å². The van der Waals surface area contributed by atoms with Crippen LogP contribution in [0.1, 0.15) is 50.5 Å². The average Bonchev–Trinajstić information content (AvgIpc) is 3.13. The Hall–Kier alpha value is -1.49. The maximum Gasteiger partial charge on any atom is 0.224 e. The van der Waals surface area contributed by atoms with Gasteiger partial charge in [0.15, 0.2) is 11.6 Å². The lowest BCUT2D eigenvalue weighted by atomic mass is 9.89. The van der Waals surface area contributed by atoms with Gasteiger partial charge in [0.1, 0.15) is 0 Å². The summed E-state index contributed by atoms with van der Waals surface area (Å²) < 4.78 is 27.4. The predicted octanol–water partition coefficient (Wildman–Crippen LogP) is 3.72. The first-order valence-corrected chi connectivity index (χ1v) is 9.60. The Bertz CT molecular complexity index is 645. The van der Waals surface area contributed by atoms with Crippen molar-refractivity contribution in [1.82, 2.24) is 9.80 Å². The third-order valence-electron chi connectivity index (χ3n) is 6.32. The van der Waals surface area contributed by atoms with Gasteiger partial charge in [-0.05, 0) is 31.2 Å². The van der Waals surface area contributed by atoms with Crippen LogP contribution in [0.25, 0.3) is 0 Å². The Balaban J connectivity index is 1.44. The Kier molecular flexibility index (Phi) is 4.76. The van der Waals surface area contributed by atoms with Gasteiger partial charge in [0, 0.05) is 43.7 Å². The van der Waals surface area contributed by atoms with Crippen molar-refractivity contribution in [3.05, 3.63) is 35.4 Å². The van der Waals surface area contributed by atoms with E-state index in [-0.39, 0.29) is 30.1 Å². The zero-order valence-corrected chi connectivity index (χ0v) is 14.6. The second-order valence-electron chi connectivity index (χ2n) is 7.86. The van der Waals surface area contributed by atoms with Crippen LogP contribution in [0, 0.1) is 17.6 Å². The third kappa shape index (κ3) is 3.31. The molecule has 1 amide bonds. The van der Waals surface area contributed by atoms with Crippen LogP contribution in [-0.2, 0) is 11.3 Å². The van der Waals surface area contributed by atoms with Gasteiger partial charge in [-0.3, -0.25) is 9.69 Å². The van der Waals surface area contributed by atoms with Crippen LogP contribution < -0.4 is 0 Å². The number of amides is 1. The van der Waals surface area contributed by atoms with Gasteiger partial charge in [-0.15, -0.1) is 0 Å². The fourth-order valence-electron chi connectivity index (χ4n) is 5.00. The standard InChI is InChI=1S/C20H26F2N2O/c21-16-8-4-7-15(20(16)22)13-24-17-9-10-23(18(17)11-19(24)25)12-14-5-2-1-3-6-14/h4,7-8,14,17-18H,1-3,5-6,9-13H2/t17-,18-/m0/s1. The molecule has 1 aliphatic carbocycles. The van der Waals surface area contributed by atoms with Gasteiger partial charge in [-0.2, -0.15) is 0 Å². The highest BCUT2D eigenvalue weighted by Crippen LogP contribution is 2.36. The van der Waals surface area contributed by atoms with Crippen molar-refractivity contribution < 1.29 is 13.6 Å². The molecule has 25 heavy (non-hydrogen) atoms. The van der Waals surface area contributed by atoms with Crippen LogP contribution in [-0.4, -0.2) is 40.9 Å². The molecule has 3 nitrogen and oxygen atoms in total. The number of hydrogen-bond donors (Lipinski definition) is 0. The molecule has 1 aromatic rings. The number of benzene rings is 1. The molecule has 0 bridgehead atoms. The largest absolute Gasteiger partial charge is 0.334 e. The lowest BCUT2D eigenvalue weighted by molar-refractivity contribution is -0.129. The zero-order valence-electron chi connectivity index (χ0n) is 14.6. The highest BCUT2D eigenvalue weighted by molar-refractivity contribution is 5.80. The minimum absolute atomic E-state index is 0.0759. The predicted molar refractivity (Wildman–Crippen MR) is 91.9 cm³/mol. The average molecular weight is 348 g/mol. The van der Waals surface area contributed by atoms with Crippen LogP contribution >= 0.6 is 0 Å². The molecular weight excluding hydrogens is 322 g/mol. The molecule has 0 radical (unpaired) electrons. The van der Waals surface area contributed by atoms with E-state index in [2.05, 4.69) is 4.90 Å². The summed E-state index contributed by atoms with van der Waals surface area (Å²) in [6, 6.07) is 4.61. The maximum absolute atomic E-state index is 14.0.